The first-order valence-corrected chi connectivity index (χ1v) is 9.01. The Morgan fingerprint density at radius 1 is 1.14 bits per heavy atom. The number of hydrogen-bond donors (Lipinski definition) is 2. The molecule has 0 saturated carbocycles. The molecule has 0 radical (unpaired) electrons. The molecular formula is C13H28N4O3S. The maximum absolute atomic E-state index is 12.2. The molecular weight excluding hydrogens is 292 g/mol. The van der Waals surface area contributed by atoms with E-state index < -0.39 is 10.2 Å². The first-order valence-electron chi connectivity index (χ1n) is 7.51. The Morgan fingerprint density at radius 3 is 2.14 bits per heavy atom. The van der Waals surface area contributed by atoms with Crippen LogP contribution >= 0.6 is 0 Å². The van der Waals surface area contributed by atoms with Crippen LogP contribution in [0.25, 0.3) is 0 Å². The maximum Gasteiger partial charge on any atom is 0.277 e. The molecule has 0 aliphatic carbocycles. The molecule has 1 atom stereocenters. The topological polar surface area (TPSA) is 110 Å². The van der Waals surface area contributed by atoms with E-state index >= 15 is 0 Å². The summed E-state index contributed by atoms with van der Waals surface area (Å²) in [7, 11) is -3.64. The standard InChI is InChI=1S/C13H28N4O3S/c1-11(2)12(5-6-14)3-4-13(18)16-7-9-17(10-8-16)21(15,19)20/h11-12H,3-10,14H2,1-2H3,(H2,15,19,20). The van der Waals surface area contributed by atoms with Crippen molar-refractivity contribution in [2.45, 2.75) is 33.1 Å². The molecule has 1 aliphatic heterocycles. The molecule has 0 aromatic rings. The van der Waals surface area contributed by atoms with E-state index in [2.05, 4.69) is 13.8 Å². The first-order chi connectivity index (χ1) is 9.75. The summed E-state index contributed by atoms with van der Waals surface area (Å²) in [5.74, 6) is 1.07. The van der Waals surface area contributed by atoms with Crippen LogP contribution in [0, 0.1) is 11.8 Å². The molecule has 124 valence electrons. The molecule has 0 spiro atoms. The average molecular weight is 320 g/mol. The Kier molecular flexibility index (Phi) is 7.05. The molecule has 7 nitrogen and oxygen atoms in total. The van der Waals surface area contributed by atoms with Crippen LogP contribution in [0.5, 0.6) is 0 Å². The van der Waals surface area contributed by atoms with E-state index in [0.717, 1.165) is 12.8 Å². The lowest BCUT2D eigenvalue weighted by Gasteiger charge is -2.33. The molecule has 8 heteroatoms. The Bertz CT molecular complexity index is 431. The fourth-order valence-electron chi connectivity index (χ4n) is 2.68. The van der Waals surface area contributed by atoms with Crippen LogP contribution in [0.15, 0.2) is 0 Å². The number of carbonyl (C=O) groups excluding carboxylic acids is 1. The summed E-state index contributed by atoms with van der Waals surface area (Å²) in [6, 6.07) is 0. The fourth-order valence-corrected chi connectivity index (χ4v) is 3.36. The zero-order valence-electron chi connectivity index (χ0n) is 13.0. The smallest absolute Gasteiger partial charge is 0.277 e. The predicted octanol–water partition coefficient (Wildman–Crippen LogP) is -0.265. The van der Waals surface area contributed by atoms with E-state index in [0.29, 0.717) is 37.9 Å². The summed E-state index contributed by atoms with van der Waals surface area (Å²) < 4.78 is 23.6. The Labute approximate surface area is 127 Å². The zero-order valence-corrected chi connectivity index (χ0v) is 13.8. The van der Waals surface area contributed by atoms with Crippen LogP contribution < -0.4 is 10.9 Å². The van der Waals surface area contributed by atoms with E-state index in [1.54, 1.807) is 4.90 Å². The predicted molar refractivity (Wildman–Crippen MR) is 82.5 cm³/mol. The van der Waals surface area contributed by atoms with Crippen molar-refractivity contribution < 1.29 is 13.2 Å². The molecule has 1 saturated heterocycles. The molecule has 0 aromatic heterocycles. The minimum Gasteiger partial charge on any atom is -0.340 e. The minimum absolute atomic E-state index is 0.0896. The van der Waals surface area contributed by atoms with Crippen molar-refractivity contribution in [1.29, 1.82) is 0 Å². The third-order valence-electron chi connectivity index (χ3n) is 4.16. The van der Waals surface area contributed by atoms with Crippen LogP contribution in [0.4, 0.5) is 0 Å². The summed E-state index contributed by atoms with van der Waals surface area (Å²) in [4.78, 5) is 13.9. The number of nitrogens with two attached hydrogens (primary N) is 2. The molecule has 21 heavy (non-hydrogen) atoms. The lowest BCUT2D eigenvalue weighted by Crippen LogP contribution is -2.52. The second kappa shape index (κ2) is 8.07. The normalized spacial score (nSPS) is 19.0. The van der Waals surface area contributed by atoms with Gasteiger partial charge in [-0.3, -0.25) is 4.79 Å². The van der Waals surface area contributed by atoms with Gasteiger partial charge in [0.2, 0.25) is 5.91 Å². The van der Waals surface area contributed by atoms with Crippen molar-refractivity contribution in [3.63, 3.8) is 0 Å². The highest BCUT2D eigenvalue weighted by atomic mass is 32.2. The van der Waals surface area contributed by atoms with Gasteiger partial charge in [-0.2, -0.15) is 12.7 Å². The minimum atomic E-state index is -3.64. The zero-order chi connectivity index (χ0) is 16.0. The van der Waals surface area contributed by atoms with E-state index in [4.69, 9.17) is 10.9 Å². The number of piperazine rings is 1. The Balaban J connectivity index is 2.40. The van der Waals surface area contributed by atoms with E-state index in [9.17, 15) is 13.2 Å². The van der Waals surface area contributed by atoms with Gasteiger partial charge in [-0.1, -0.05) is 13.8 Å². The lowest BCUT2D eigenvalue weighted by molar-refractivity contribution is -0.132. The fraction of sp³-hybridized carbons (Fsp3) is 0.923. The first kappa shape index (κ1) is 18.3. The molecule has 1 amide bonds. The van der Waals surface area contributed by atoms with E-state index in [-0.39, 0.29) is 19.0 Å². The summed E-state index contributed by atoms with van der Waals surface area (Å²) in [5.41, 5.74) is 5.60. The monoisotopic (exact) mass is 320 g/mol. The SMILES string of the molecule is CC(C)C(CCN)CCC(=O)N1CCN(S(N)(=O)=O)CC1. The molecule has 1 unspecified atom stereocenters. The van der Waals surface area contributed by atoms with Gasteiger partial charge in [0.25, 0.3) is 10.2 Å². The molecule has 4 N–H and O–H groups in total. The number of carbonyl (C=O) groups is 1. The van der Waals surface area contributed by atoms with Crippen LogP contribution in [0.2, 0.25) is 0 Å². The number of nitrogens with zero attached hydrogens (tertiary/aromatic N) is 2. The van der Waals surface area contributed by atoms with Crippen LogP contribution in [0.3, 0.4) is 0 Å². The third kappa shape index (κ3) is 5.90. The maximum atomic E-state index is 12.2. The Hall–Kier alpha value is -0.700. The summed E-state index contributed by atoms with van der Waals surface area (Å²) in [5, 5.41) is 5.08. The van der Waals surface area contributed by atoms with E-state index in [1.807, 2.05) is 0 Å². The Morgan fingerprint density at radius 2 is 1.71 bits per heavy atom. The van der Waals surface area contributed by atoms with E-state index in [1.165, 1.54) is 4.31 Å². The second-order valence-corrected chi connectivity index (χ2v) is 7.49. The van der Waals surface area contributed by atoms with Gasteiger partial charge in [0.15, 0.2) is 0 Å². The highest BCUT2D eigenvalue weighted by molar-refractivity contribution is 7.86. The molecule has 0 aromatic carbocycles. The summed E-state index contributed by atoms with van der Waals surface area (Å²) in [6.45, 7) is 6.33. The van der Waals surface area contributed by atoms with Gasteiger partial charge in [0, 0.05) is 32.6 Å². The van der Waals surface area contributed by atoms with Crippen molar-refractivity contribution >= 4 is 16.1 Å². The number of amides is 1. The highest BCUT2D eigenvalue weighted by Gasteiger charge is 2.26. The quantitative estimate of drug-likeness (QED) is 0.673. The largest absolute Gasteiger partial charge is 0.340 e. The van der Waals surface area contributed by atoms with Gasteiger partial charge in [0.1, 0.15) is 0 Å². The van der Waals surface area contributed by atoms with Crippen molar-refractivity contribution in [2.24, 2.45) is 22.7 Å². The lowest BCUT2D eigenvalue weighted by atomic mass is 9.88. The van der Waals surface area contributed by atoms with Gasteiger partial charge >= 0.3 is 0 Å². The van der Waals surface area contributed by atoms with Crippen molar-refractivity contribution in [3.05, 3.63) is 0 Å². The molecule has 1 rings (SSSR count). The summed E-state index contributed by atoms with van der Waals surface area (Å²) >= 11 is 0. The molecule has 1 fully saturated rings. The van der Waals surface area contributed by atoms with Gasteiger partial charge in [-0.05, 0) is 31.2 Å². The van der Waals surface area contributed by atoms with Gasteiger partial charge in [-0.25, -0.2) is 5.14 Å². The van der Waals surface area contributed by atoms with Crippen LogP contribution in [-0.4, -0.2) is 56.3 Å². The van der Waals surface area contributed by atoms with Crippen molar-refractivity contribution in [2.75, 3.05) is 32.7 Å². The van der Waals surface area contributed by atoms with Gasteiger partial charge < -0.3 is 10.6 Å². The second-order valence-electron chi connectivity index (χ2n) is 5.94. The van der Waals surface area contributed by atoms with Gasteiger partial charge in [-0.15, -0.1) is 0 Å². The van der Waals surface area contributed by atoms with Crippen molar-refractivity contribution in [1.82, 2.24) is 9.21 Å². The van der Waals surface area contributed by atoms with Crippen LogP contribution in [-0.2, 0) is 15.0 Å². The number of hydrogen-bond acceptors (Lipinski definition) is 4. The average Bonchev–Trinajstić information content (AvgIpc) is 2.42. The van der Waals surface area contributed by atoms with Crippen LogP contribution in [0.1, 0.15) is 33.1 Å². The molecule has 1 heterocycles. The molecule has 1 aliphatic rings. The van der Waals surface area contributed by atoms with Gasteiger partial charge in [0.05, 0.1) is 0 Å². The summed E-state index contributed by atoms with van der Waals surface area (Å²) in [6.07, 6.45) is 2.27. The third-order valence-corrected chi connectivity index (χ3v) is 5.25. The highest BCUT2D eigenvalue weighted by Crippen LogP contribution is 2.21. The number of rotatable bonds is 7. The van der Waals surface area contributed by atoms with Crippen molar-refractivity contribution in [3.8, 4) is 0 Å². The molecule has 0 bridgehead atoms.